The number of hydrogen-bond acceptors (Lipinski definition) is 5. The van der Waals surface area contributed by atoms with E-state index < -0.39 is 0 Å². The van der Waals surface area contributed by atoms with Crippen LogP contribution in [0.15, 0.2) is 0 Å². The maximum absolute atomic E-state index is 5.53. The van der Waals surface area contributed by atoms with Crippen LogP contribution in [0.3, 0.4) is 0 Å². The van der Waals surface area contributed by atoms with Gasteiger partial charge in [-0.05, 0) is 19.8 Å². The minimum absolute atomic E-state index is 0.438. The Morgan fingerprint density at radius 2 is 2.25 bits per heavy atom. The number of rotatable bonds is 5. The highest BCUT2D eigenvalue weighted by molar-refractivity contribution is 7.15. The molecule has 20 heavy (non-hydrogen) atoms. The van der Waals surface area contributed by atoms with Crippen molar-refractivity contribution in [2.45, 2.75) is 58.2 Å². The largest absolute Gasteiger partial charge is 0.377 e. The molecular formula is C15H25N3OS. The van der Waals surface area contributed by atoms with Crippen LogP contribution in [0.4, 0.5) is 5.13 Å². The second-order valence-corrected chi connectivity index (χ2v) is 7.29. The number of ether oxygens (including phenoxy) is 1. The predicted octanol–water partition coefficient (Wildman–Crippen LogP) is 2.74. The molecule has 0 aromatic carbocycles. The van der Waals surface area contributed by atoms with Crippen molar-refractivity contribution in [2.75, 3.05) is 24.7 Å². The van der Waals surface area contributed by atoms with Crippen LogP contribution in [0.25, 0.3) is 0 Å². The fraction of sp³-hybridized carbons (Fsp3) is 0.800. The average Bonchev–Trinajstić information content (AvgIpc) is 3.18. The molecule has 1 saturated carbocycles. The van der Waals surface area contributed by atoms with Crippen LogP contribution < -0.4 is 10.2 Å². The molecule has 1 N–H and O–H groups in total. The molecule has 3 rings (SSSR count). The molecule has 1 aromatic rings. The van der Waals surface area contributed by atoms with Crippen molar-refractivity contribution < 1.29 is 4.74 Å². The summed E-state index contributed by atoms with van der Waals surface area (Å²) >= 11 is 1.88. The zero-order valence-corrected chi connectivity index (χ0v) is 13.5. The number of hydrogen-bond donors (Lipinski definition) is 1. The van der Waals surface area contributed by atoms with Gasteiger partial charge in [-0.25, -0.2) is 4.98 Å². The number of thiazole rings is 1. The Kier molecular flexibility index (Phi) is 4.29. The Bertz CT molecular complexity index is 456. The Morgan fingerprint density at radius 3 is 2.90 bits per heavy atom. The van der Waals surface area contributed by atoms with E-state index in [1.54, 1.807) is 0 Å². The van der Waals surface area contributed by atoms with Gasteiger partial charge in [0.15, 0.2) is 5.13 Å². The van der Waals surface area contributed by atoms with Gasteiger partial charge in [-0.3, -0.25) is 0 Å². The third-order valence-corrected chi connectivity index (χ3v) is 5.07. The van der Waals surface area contributed by atoms with E-state index in [9.17, 15) is 0 Å². The summed E-state index contributed by atoms with van der Waals surface area (Å²) in [4.78, 5) is 8.83. The molecule has 0 bridgehead atoms. The van der Waals surface area contributed by atoms with Crippen LogP contribution in [0.1, 0.15) is 50.1 Å². The summed E-state index contributed by atoms with van der Waals surface area (Å²) < 4.78 is 5.53. The lowest BCUT2D eigenvalue weighted by Gasteiger charge is -2.32. The zero-order valence-electron chi connectivity index (χ0n) is 12.7. The van der Waals surface area contributed by atoms with Crippen LogP contribution in [0.5, 0.6) is 0 Å². The zero-order chi connectivity index (χ0) is 14.1. The van der Waals surface area contributed by atoms with E-state index in [4.69, 9.17) is 9.72 Å². The Balaban J connectivity index is 1.79. The lowest BCUT2D eigenvalue weighted by Crippen LogP contribution is -2.43. The third-order valence-electron chi connectivity index (χ3n) is 3.96. The molecule has 5 heteroatoms. The maximum Gasteiger partial charge on any atom is 0.186 e. The van der Waals surface area contributed by atoms with E-state index in [0.717, 1.165) is 32.2 Å². The van der Waals surface area contributed by atoms with Gasteiger partial charge < -0.3 is 15.0 Å². The van der Waals surface area contributed by atoms with Gasteiger partial charge in [-0.2, -0.15) is 0 Å². The fourth-order valence-electron chi connectivity index (χ4n) is 2.58. The monoisotopic (exact) mass is 295 g/mol. The lowest BCUT2D eigenvalue weighted by atomic mass is 10.2. The summed E-state index contributed by atoms with van der Waals surface area (Å²) in [7, 11) is 0. The van der Waals surface area contributed by atoms with E-state index in [2.05, 4.69) is 31.0 Å². The Morgan fingerprint density at radius 1 is 1.45 bits per heavy atom. The molecular weight excluding hydrogens is 270 g/mol. The van der Waals surface area contributed by atoms with E-state index in [1.807, 2.05) is 11.3 Å². The molecule has 0 radical (unpaired) electrons. The van der Waals surface area contributed by atoms with Gasteiger partial charge in [0.1, 0.15) is 0 Å². The first-order valence-corrected chi connectivity index (χ1v) is 8.54. The van der Waals surface area contributed by atoms with Gasteiger partial charge in [-0.1, -0.05) is 13.8 Å². The molecule has 112 valence electrons. The maximum atomic E-state index is 5.53. The predicted molar refractivity (Wildman–Crippen MR) is 83.7 cm³/mol. The molecule has 1 atom stereocenters. The van der Waals surface area contributed by atoms with Gasteiger partial charge in [0, 0.05) is 29.9 Å². The number of morpholine rings is 1. The summed E-state index contributed by atoms with van der Waals surface area (Å²) in [5.41, 5.74) is 1.36. The van der Waals surface area contributed by atoms with Crippen LogP contribution in [-0.2, 0) is 11.3 Å². The first kappa shape index (κ1) is 14.3. The molecule has 4 nitrogen and oxygen atoms in total. The second kappa shape index (κ2) is 6.00. The molecule has 1 saturated heterocycles. The first-order valence-electron chi connectivity index (χ1n) is 7.72. The number of anilines is 1. The normalized spacial score (nSPS) is 23.6. The van der Waals surface area contributed by atoms with Crippen molar-refractivity contribution in [3.05, 3.63) is 10.6 Å². The van der Waals surface area contributed by atoms with Crippen molar-refractivity contribution >= 4 is 16.5 Å². The summed E-state index contributed by atoms with van der Waals surface area (Å²) in [6.45, 7) is 10.2. The molecule has 1 aliphatic heterocycles. The van der Waals surface area contributed by atoms with Crippen LogP contribution >= 0.6 is 11.3 Å². The molecule has 0 spiro atoms. The second-order valence-electron chi connectivity index (χ2n) is 6.23. The summed E-state index contributed by atoms with van der Waals surface area (Å²) in [6, 6.07) is 0.961. The molecule has 2 heterocycles. The average molecular weight is 295 g/mol. The molecule has 1 unspecified atom stereocenters. The van der Waals surface area contributed by atoms with E-state index in [1.165, 1.54) is 28.5 Å². The van der Waals surface area contributed by atoms with Gasteiger partial charge in [0.2, 0.25) is 0 Å². The van der Waals surface area contributed by atoms with Crippen LogP contribution in [0, 0.1) is 0 Å². The van der Waals surface area contributed by atoms with Gasteiger partial charge in [0.05, 0.1) is 24.9 Å². The Hall–Kier alpha value is -0.650. The van der Waals surface area contributed by atoms with Crippen molar-refractivity contribution in [1.29, 1.82) is 0 Å². The molecule has 2 aliphatic rings. The third kappa shape index (κ3) is 3.15. The van der Waals surface area contributed by atoms with Crippen LogP contribution in [0.2, 0.25) is 0 Å². The Labute approximate surface area is 125 Å². The molecule has 2 fully saturated rings. The fourth-order valence-corrected chi connectivity index (χ4v) is 3.81. The lowest BCUT2D eigenvalue weighted by molar-refractivity contribution is 0.0989. The molecule has 0 amide bonds. The topological polar surface area (TPSA) is 37.4 Å². The van der Waals surface area contributed by atoms with E-state index in [0.29, 0.717) is 12.1 Å². The van der Waals surface area contributed by atoms with Crippen molar-refractivity contribution in [3.8, 4) is 0 Å². The van der Waals surface area contributed by atoms with Gasteiger partial charge in [-0.15, -0.1) is 11.3 Å². The van der Waals surface area contributed by atoms with Crippen molar-refractivity contribution in [1.82, 2.24) is 10.3 Å². The number of nitrogens with one attached hydrogen (secondary N) is 1. The first-order chi connectivity index (χ1) is 9.65. The van der Waals surface area contributed by atoms with Gasteiger partial charge in [0.25, 0.3) is 0 Å². The molecule has 1 aliphatic carbocycles. The highest BCUT2D eigenvalue weighted by Gasteiger charge is 2.31. The highest BCUT2D eigenvalue weighted by Crippen LogP contribution is 2.44. The standard InChI is InChI=1S/C15H25N3OS/c1-10(2)16-8-13-14(12-4-5-12)17-15(20-13)18-6-7-19-9-11(18)3/h10-12,16H,4-9H2,1-3H3. The summed E-state index contributed by atoms with van der Waals surface area (Å²) in [5, 5.41) is 4.74. The van der Waals surface area contributed by atoms with Gasteiger partial charge >= 0.3 is 0 Å². The SMILES string of the molecule is CC(C)NCc1sc(N2CCOCC2C)nc1C1CC1. The van der Waals surface area contributed by atoms with Crippen LogP contribution in [-0.4, -0.2) is 36.8 Å². The minimum Gasteiger partial charge on any atom is -0.377 e. The van der Waals surface area contributed by atoms with E-state index in [-0.39, 0.29) is 0 Å². The number of nitrogens with zero attached hydrogens (tertiary/aromatic N) is 2. The smallest absolute Gasteiger partial charge is 0.186 e. The highest BCUT2D eigenvalue weighted by atomic mass is 32.1. The quantitative estimate of drug-likeness (QED) is 0.906. The summed E-state index contributed by atoms with van der Waals surface area (Å²) in [5.74, 6) is 0.723. The van der Waals surface area contributed by atoms with E-state index >= 15 is 0 Å². The van der Waals surface area contributed by atoms with Crippen molar-refractivity contribution in [3.63, 3.8) is 0 Å². The molecule has 1 aromatic heterocycles. The number of aromatic nitrogens is 1. The summed E-state index contributed by atoms with van der Waals surface area (Å²) in [6.07, 6.45) is 2.63. The minimum atomic E-state index is 0.438. The van der Waals surface area contributed by atoms with Crippen molar-refractivity contribution in [2.24, 2.45) is 0 Å².